The van der Waals surface area contributed by atoms with E-state index in [-0.39, 0.29) is 0 Å². The number of nitrogens with two attached hydrogens (primary N) is 1. The molecule has 0 saturated carbocycles. The third-order valence-corrected chi connectivity index (χ3v) is 2.34. The highest BCUT2D eigenvalue weighted by molar-refractivity contribution is 5.68. The van der Waals surface area contributed by atoms with Crippen LogP contribution in [0.3, 0.4) is 0 Å². The van der Waals surface area contributed by atoms with Crippen LogP contribution in [-0.4, -0.2) is 13.1 Å². The smallest absolute Gasteiger partial charge is 0.0600 e. The van der Waals surface area contributed by atoms with E-state index in [4.69, 9.17) is 5.73 Å². The van der Waals surface area contributed by atoms with Crippen molar-refractivity contribution in [2.45, 2.75) is 6.92 Å². The summed E-state index contributed by atoms with van der Waals surface area (Å²) in [6, 6.07) is 8.05. The van der Waals surface area contributed by atoms with E-state index in [1.54, 1.807) is 0 Å². The van der Waals surface area contributed by atoms with Crippen LogP contribution in [0.25, 0.3) is 0 Å². The zero-order valence-corrected chi connectivity index (χ0v) is 7.33. The number of benzene rings is 1. The highest BCUT2D eigenvalue weighted by Gasteiger charge is 2.23. The monoisotopic (exact) mass is 162 g/mol. The highest BCUT2D eigenvalue weighted by atomic mass is 15.2. The fourth-order valence-electron chi connectivity index (χ4n) is 1.67. The lowest BCUT2D eigenvalue weighted by molar-refractivity contribution is 0.448. The summed E-state index contributed by atoms with van der Waals surface area (Å²) in [4.78, 5) is 2.32. The topological polar surface area (TPSA) is 29.3 Å². The van der Waals surface area contributed by atoms with Gasteiger partial charge in [0.05, 0.1) is 11.4 Å². The van der Waals surface area contributed by atoms with E-state index in [1.807, 2.05) is 18.2 Å². The fraction of sp³-hybridized carbons (Fsp3) is 0.400. The normalized spacial score (nSPS) is 17.6. The molecule has 1 aliphatic heterocycles. The summed E-state index contributed by atoms with van der Waals surface area (Å²) in [5.41, 5.74) is 7.92. The second-order valence-corrected chi connectivity index (χ2v) is 3.57. The third kappa shape index (κ3) is 1.13. The van der Waals surface area contributed by atoms with E-state index in [9.17, 15) is 0 Å². The minimum absolute atomic E-state index is 0.824. The van der Waals surface area contributed by atoms with Crippen LogP contribution in [0.5, 0.6) is 0 Å². The van der Waals surface area contributed by atoms with Crippen molar-refractivity contribution >= 4 is 11.4 Å². The zero-order valence-electron chi connectivity index (χ0n) is 7.33. The van der Waals surface area contributed by atoms with E-state index in [0.717, 1.165) is 24.7 Å². The van der Waals surface area contributed by atoms with Crippen LogP contribution in [0, 0.1) is 5.92 Å². The standard InChI is InChI=1S/C10H14N2/c1-8-6-12(7-8)10-5-3-2-4-9(10)11/h2-5,8H,6-7,11H2,1H3. The molecule has 1 aromatic rings. The molecule has 1 aliphatic rings. The molecule has 1 fully saturated rings. The highest BCUT2D eigenvalue weighted by Crippen LogP contribution is 2.28. The average molecular weight is 162 g/mol. The molecule has 2 rings (SSSR count). The van der Waals surface area contributed by atoms with Gasteiger partial charge in [-0.3, -0.25) is 0 Å². The molecule has 1 saturated heterocycles. The summed E-state index contributed by atoms with van der Waals surface area (Å²) in [6.45, 7) is 4.55. The minimum atomic E-state index is 0.824. The lowest BCUT2D eigenvalue weighted by Gasteiger charge is -2.39. The maximum Gasteiger partial charge on any atom is 0.0600 e. The number of para-hydroxylation sites is 2. The van der Waals surface area contributed by atoms with Gasteiger partial charge in [-0.1, -0.05) is 19.1 Å². The lowest BCUT2D eigenvalue weighted by Crippen LogP contribution is -2.45. The Labute approximate surface area is 73.0 Å². The first kappa shape index (κ1) is 7.47. The molecule has 1 heterocycles. The third-order valence-electron chi connectivity index (χ3n) is 2.34. The zero-order chi connectivity index (χ0) is 8.55. The van der Waals surface area contributed by atoms with Crippen LogP contribution in [0.15, 0.2) is 24.3 Å². The Bertz CT molecular complexity index is 277. The van der Waals surface area contributed by atoms with E-state index in [0.29, 0.717) is 0 Å². The van der Waals surface area contributed by atoms with E-state index in [1.165, 1.54) is 5.69 Å². The second kappa shape index (κ2) is 2.70. The molecule has 2 nitrogen and oxygen atoms in total. The summed E-state index contributed by atoms with van der Waals surface area (Å²) in [6.07, 6.45) is 0. The van der Waals surface area contributed by atoms with Crippen LogP contribution in [0.4, 0.5) is 11.4 Å². The maximum absolute atomic E-state index is 5.83. The Hall–Kier alpha value is -1.18. The predicted molar refractivity (Wildman–Crippen MR) is 52.2 cm³/mol. The number of nitrogens with zero attached hydrogens (tertiary/aromatic N) is 1. The van der Waals surface area contributed by atoms with Crippen LogP contribution in [0.1, 0.15) is 6.92 Å². The number of nitrogen functional groups attached to an aromatic ring is 1. The van der Waals surface area contributed by atoms with Gasteiger partial charge in [-0.25, -0.2) is 0 Å². The van der Waals surface area contributed by atoms with Crippen molar-refractivity contribution in [3.8, 4) is 0 Å². The van der Waals surface area contributed by atoms with Crippen molar-refractivity contribution < 1.29 is 0 Å². The van der Waals surface area contributed by atoms with Crippen molar-refractivity contribution in [3.63, 3.8) is 0 Å². The Morgan fingerprint density at radius 1 is 1.33 bits per heavy atom. The molecule has 0 aromatic heterocycles. The quantitative estimate of drug-likeness (QED) is 0.637. The summed E-state index contributed by atoms with van der Waals surface area (Å²) < 4.78 is 0. The first-order chi connectivity index (χ1) is 5.77. The van der Waals surface area contributed by atoms with Gasteiger partial charge >= 0.3 is 0 Å². The fourth-order valence-corrected chi connectivity index (χ4v) is 1.67. The van der Waals surface area contributed by atoms with Crippen molar-refractivity contribution in [1.82, 2.24) is 0 Å². The number of hydrogen-bond donors (Lipinski definition) is 1. The number of rotatable bonds is 1. The largest absolute Gasteiger partial charge is 0.397 e. The van der Waals surface area contributed by atoms with Gasteiger partial charge in [0, 0.05) is 13.1 Å². The summed E-state index contributed by atoms with van der Waals surface area (Å²) in [5, 5.41) is 0. The van der Waals surface area contributed by atoms with E-state index in [2.05, 4.69) is 17.9 Å². The minimum Gasteiger partial charge on any atom is -0.397 e. The van der Waals surface area contributed by atoms with Crippen LogP contribution in [0.2, 0.25) is 0 Å². The molecule has 0 amide bonds. The SMILES string of the molecule is CC1CN(c2ccccc2N)C1. The van der Waals surface area contributed by atoms with Crippen molar-refractivity contribution in [3.05, 3.63) is 24.3 Å². The first-order valence-corrected chi connectivity index (χ1v) is 4.37. The van der Waals surface area contributed by atoms with Crippen molar-refractivity contribution in [2.75, 3.05) is 23.7 Å². The molecule has 0 unspecified atom stereocenters. The summed E-state index contributed by atoms with van der Waals surface area (Å²) in [5.74, 6) is 0.824. The second-order valence-electron chi connectivity index (χ2n) is 3.57. The molecule has 64 valence electrons. The maximum atomic E-state index is 5.83. The van der Waals surface area contributed by atoms with Crippen molar-refractivity contribution in [1.29, 1.82) is 0 Å². The molecule has 0 bridgehead atoms. The Morgan fingerprint density at radius 3 is 2.58 bits per heavy atom. The molecule has 2 N–H and O–H groups in total. The molecular weight excluding hydrogens is 148 g/mol. The molecule has 0 atom stereocenters. The van der Waals surface area contributed by atoms with Gasteiger partial charge in [0.15, 0.2) is 0 Å². The first-order valence-electron chi connectivity index (χ1n) is 4.37. The van der Waals surface area contributed by atoms with Crippen LogP contribution >= 0.6 is 0 Å². The summed E-state index contributed by atoms with van der Waals surface area (Å²) in [7, 11) is 0. The predicted octanol–water partition coefficient (Wildman–Crippen LogP) is 1.72. The van der Waals surface area contributed by atoms with Crippen LogP contribution in [-0.2, 0) is 0 Å². The number of hydrogen-bond acceptors (Lipinski definition) is 2. The molecule has 12 heavy (non-hydrogen) atoms. The van der Waals surface area contributed by atoms with Gasteiger partial charge in [-0.15, -0.1) is 0 Å². The van der Waals surface area contributed by atoms with Crippen molar-refractivity contribution in [2.24, 2.45) is 5.92 Å². The molecule has 0 spiro atoms. The molecule has 0 aliphatic carbocycles. The number of anilines is 2. The average Bonchev–Trinajstić information content (AvgIpc) is 2.01. The van der Waals surface area contributed by atoms with E-state index >= 15 is 0 Å². The van der Waals surface area contributed by atoms with Gasteiger partial charge in [-0.05, 0) is 18.1 Å². The van der Waals surface area contributed by atoms with Gasteiger partial charge in [0.1, 0.15) is 0 Å². The lowest BCUT2D eigenvalue weighted by atomic mass is 10.0. The van der Waals surface area contributed by atoms with Gasteiger partial charge in [-0.2, -0.15) is 0 Å². The molecule has 2 heteroatoms. The van der Waals surface area contributed by atoms with Gasteiger partial charge in [0.2, 0.25) is 0 Å². The molecule has 1 aromatic carbocycles. The van der Waals surface area contributed by atoms with Gasteiger partial charge in [0.25, 0.3) is 0 Å². The van der Waals surface area contributed by atoms with Gasteiger partial charge < -0.3 is 10.6 Å². The van der Waals surface area contributed by atoms with E-state index < -0.39 is 0 Å². The molecular formula is C10H14N2. The van der Waals surface area contributed by atoms with Crippen LogP contribution < -0.4 is 10.6 Å². The summed E-state index contributed by atoms with van der Waals surface area (Å²) >= 11 is 0. The Morgan fingerprint density at radius 2 is 2.00 bits per heavy atom. The Balaban J connectivity index is 2.18. The molecule has 0 radical (unpaired) electrons. The Kier molecular flexibility index (Phi) is 1.68.